The van der Waals surface area contributed by atoms with Crippen molar-refractivity contribution in [2.24, 2.45) is 5.92 Å². The monoisotopic (exact) mass is 470 g/mol. The molecule has 1 saturated carbocycles. The summed E-state index contributed by atoms with van der Waals surface area (Å²) >= 11 is 0. The Morgan fingerprint density at radius 3 is 2.50 bits per heavy atom. The Labute approximate surface area is 185 Å². The lowest BCUT2D eigenvalue weighted by Crippen LogP contribution is -2.41. The summed E-state index contributed by atoms with van der Waals surface area (Å²) in [7, 11) is -3.90. The van der Waals surface area contributed by atoms with E-state index in [2.05, 4.69) is 10.0 Å². The number of halogens is 3. The van der Waals surface area contributed by atoms with Gasteiger partial charge in [-0.3, -0.25) is 9.52 Å². The van der Waals surface area contributed by atoms with Crippen LogP contribution in [0.4, 0.5) is 18.9 Å². The number of alkyl halides is 3. The first-order chi connectivity index (χ1) is 15.1. The smallest absolute Gasteiger partial charge is 0.391 e. The second kappa shape index (κ2) is 9.81. The van der Waals surface area contributed by atoms with E-state index in [1.807, 2.05) is 6.92 Å². The zero-order valence-electron chi connectivity index (χ0n) is 17.5. The standard InChI is InChI=1S/C22H25F3N2O4S/c1-2-31-19-9-11-20(12-10-19)32(29,30)27-18-8-3-5-15(13-18)21(28)26-17-7-4-6-16(14-17)22(23,24)25/h3,5,8-13,16-17,27H,2,4,6-7,14H2,1H3,(H,26,28). The van der Waals surface area contributed by atoms with Crippen molar-refractivity contribution in [3.8, 4) is 5.75 Å². The van der Waals surface area contributed by atoms with E-state index in [9.17, 15) is 26.4 Å². The van der Waals surface area contributed by atoms with Gasteiger partial charge >= 0.3 is 6.18 Å². The first-order valence-corrected chi connectivity index (χ1v) is 11.8. The van der Waals surface area contributed by atoms with E-state index in [1.54, 1.807) is 12.1 Å². The summed E-state index contributed by atoms with van der Waals surface area (Å²) in [5.41, 5.74) is 0.328. The van der Waals surface area contributed by atoms with Crippen LogP contribution in [0.25, 0.3) is 0 Å². The maximum absolute atomic E-state index is 13.0. The van der Waals surface area contributed by atoms with Gasteiger partial charge in [0.1, 0.15) is 5.75 Å². The lowest BCUT2D eigenvalue weighted by atomic mass is 9.85. The highest BCUT2D eigenvalue weighted by atomic mass is 32.2. The molecule has 0 spiro atoms. The number of sulfonamides is 1. The number of hydrogen-bond acceptors (Lipinski definition) is 4. The van der Waals surface area contributed by atoms with Crippen molar-refractivity contribution in [1.29, 1.82) is 0 Å². The molecule has 0 heterocycles. The van der Waals surface area contributed by atoms with Crippen LogP contribution in [0.1, 0.15) is 43.0 Å². The van der Waals surface area contributed by atoms with E-state index in [1.165, 1.54) is 36.4 Å². The van der Waals surface area contributed by atoms with Crippen LogP contribution in [0, 0.1) is 5.92 Å². The Morgan fingerprint density at radius 2 is 1.84 bits per heavy atom. The second-order valence-electron chi connectivity index (χ2n) is 7.67. The molecule has 6 nitrogen and oxygen atoms in total. The Bertz CT molecular complexity index is 1040. The topological polar surface area (TPSA) is 84.5 Å². The molecule has 0 saturated heterocycles. The van der Waals surface area contributed by atoms with Crippen LogP contribution in [0.2, 0.25) is 0 Å². The van der Waals surface area contributed by atoms with Gasteiger partial charge in [0.2, 0.25) is 0 Å². The Kier molecular flexibility index (Phi) is 7.33. The van der Waals surface area contributed by atoms with Gasteiger partial charge < -0.3 is 10.1 Å². The first-order valence-electron chi connectivity index (χ1n) is 10.3. The zero-order valence-corrected chi connectivity index (χ0v) is 18.3. The fourth-order valence-corrected chi connectivity index (χ4v) is 4.76. The highest BCUT2D eigenvalue weighted by Gasteiger charge is 2.42. The largest absolute Gasteiger partial charge is 0.494 e. The van der Waals surface area contributed by atoms with E-state index >= 15 is 0 Å². The molecule has 174 valence electrons. The summed E-state index contributed by atoms with van der Waals surface area (Å²) in [5.74, 6) is -1.42. The number of nitrogens with one attached hydrogen (secondary N) is 2. The van der Waals surface area contributed by atoms with E-state index in [4.69, 9.17) is 4.74 Å². The molecule has 2 unspecified atom stereocenters. The maximum atomic E-state index is 13.0. The molecule has 1 aliphatic carbocycles. The predicted octanol–water partition coefficient (Wildman–Crippen LogP) is 4.74. The van der Waals surface area contributed by atoms with Gasteiger partial charge in [-0.1, -0.05) is 12.5 Å². The molecule has 2 aromatic rings. The molecule has 2 N–H and O–H groups in total. The van der Waals surface area contributed by atoms with Gasteiger partial charge in [0, 0.05) is 17.3 Å². The van der Waals surface area contributed by atoms with Crippen molar-refractivity contribution in [2.75, 3.05) is 11.3 Å². The van der Waals surface area contributed by atoms with Crippen LogP contribution < -0.4 is 14.8 Å². The van der Waals surface area contributed by atoms with Gasteiger partial charge in [-0.2, -0.15) is 13.2 Å². The summed E-state index contributed by atoms with van der Waals surface area (Å²) in [6.45, 7) is 2.27. The third-order valence-corrected chi connectivity index (χ3v) is 6.69. The molecule has 2 atom stereocenters. The molecule has 0 bridgehead atoms. The molecule has 1 amide bonds. The Balaban J connectivity index is 1.67. The summed E-state index contributed by atoms with van der Waals surface area (Å²) in [6, 6.07) is 11.1. The fraction of sp³-hybridized carbons (Fsp3) is 0.409. The number of carbonyl (C=O) groups excluding carboxylic acids is 1. The van der Waals surface area contributed by atoms with Gasteiger partial charge in [0.15, 0.2) is 0 Å². The van der Waals surface area contributed by atoms with Gasteiger partial charge in [-0.15, -0.1) is 0 Å². The van der Waals surface area contributed by atoms with Crippen LogP contribution in [0.15, 0.2) is 53.4 Å². The van der Waals surface area contributed by atoms with Crippen molar-refractivity contribution in [3.05, 3.63) is 54.1 Å². The first kappa shape index (κ1) is 23.9. The summed E-state index contributed by atoms with van der Waals surface area (Å²) in [6.07, 6.45) is -3.50. The van der Waals surface area contributed by atoms with E-state index < -0.39 is 34.1 Å². The molecule has 2 aromatic carbocycles. The minimum absolute atomic E-state index is 0.0243. The van der Waals surface area contributed by atoms with E-state index in [-0.39, 0.29) is 29.0 Å². The van der Waals surface area contributed by atoms with E-state index in [0.717, 1.165) is 0 Å². The molecule has 10 heteroatoms. The van der Waals surface area contributed by atoms with Crippen molar-refractivity contribution in [1.82, 2.24) is 5.32 Å². The third kappa shape index (κ3) is 6.15. The van der Waals surface area contributed by atoms with Crippen molar-refractivity contribution >= 4 is 21.6 Å². The highest BCUT2D eigenvalue weighted by molar-refractivity contribution is 7.92. The molecule has 0 aliphatic heterocycles. The van der Waals surface area contributed by atoms with Gasteiger partial charge in [-0.05, 0) is 68.7 Å². The van der Waals surface area contributed by atoms with Gasteiger partial charge in [0.05, 0.1) is 17.4 Å². The SMILES string of the molecule is CCOc1ccc(S(=O)(=O)Nc2cccc(C(=O)NC3CCCC(C(F)(F)F)C3)c2)cc1. The maximum Gasteiger partial charge on any atom is 0.391 e. The predicted molar refractivity (Wildman–Crippen MR) is 114 cm³/mol. The number of carbonyl (C=O) groups is 1. The van der Waals surface area contributed by atoms with Crippen molar-refractivity contribution in [2.45, 2.75) is 49.7 Å². The molecule has 0 radical (unpaired) electrons. The van der Waals surface area contributed by atoms with Crippen LogP contribution in [0.3, 0.4) is 0 Å². The van der Waals surface area contributed by atoms with Crippen molar-refractivity contribution < 1.29 is 31.1 Å². The normalized spacial score (nSPS) is 19.2. The quantitative estimate of drug-likeness (QED) is 0.612. The molecule has 3 rings (SSSR count). The summed E-state index contributed by atoms with van der Waals surface area (Å²) < 4.78 is 72.0. The lowest BCUT2D eigenvalue weighted by Gasteiger charge is -2.31. The van der Waals surface area contributed by atoms with Crippen molar-refractivity contribution in [3.63, 3.8) is 0 Å². The Hall–Kier alpha value is -2.75. The summed E-state index contributed by atoms with van der Waals surface area (Å²) in [5, 5.41) is 2.65. The molecular formula is C22H25F3N2O4S. The number of rotatable bonds is 7. The number of ether oxygens (including phenoxy) is 1. The van der Waals surface area contributed by atoms with Gasteiger partial charge in [-0.25, -0.2) is 8.42 Å². The van der Waals surface area contributed by atoms with Crippen LogP contribution in [0.5, 0.6) is 5.75 Å². The fourth-order valence-electron chi connectivity index (χ4n) is 3.71. The Morgan fingerprint density at radius 1 is 1.12 bits per heavy atom. The van der Waals surface area contributed by atoms with Gasteiger partial charge in [0.25, 0.3) is 15.9 Å². The molecular weight excluding hydrogens is 445 g/mol. The van der Waals surface area contributed by atoms with Crippen LogP contribution >= 0.6 is 0 Å². The molecule has 1 aliphatic rings. The molecule has 0 aromatic heterocycles. The molecule has 32 heavy (non-hydrogen) atoms. The highest BCUT2D eigenvalue weighted by Crippen LogP contribution is 2.37. The summed E-state index contributed by atoms with van der Waals surface area (Å²) in [4.78, 5) is 12.6. The average molecular weight is 471 g/mol. The third-order valence-electron chi connectivity index (χ3n) is 5.29. The lowest BCUT2D eigenvalue weighted by molar-refractivity contribution is -0.183. The minimum Gasteiger partial charge on any atom is -0.494 e. The zero-order chi connectivity index (χ0) is 23.4. The number of anilines is 1. The van der Waals surface area contributed by atoms with Crippen LogP contribution in [-0.2, 0) is 10.0 Å². The minimum atomic E-state index is -4.28. The van der Waals surface area contributed by atoms with Crippen LogP contribution in [-0.4, -0.2) is 33.1 Å². The van der Waals surface area contributed by atoms with E-state index in [0.29, 0.717) is 25.2 Å². The second-order valence-corrected chi connectivity index (χ2v) is 9.35. The average Bonchev–Trinajstić information content (AvgIpc) is 2.74. The number of amides is 1. The number of hydrogen-bond donors (Lipinski definition) is 2. The molecule has 1 fully saturated rings. The number of benzene rings is 2.